The van der Waals surface area contributed by atoms with Gasteiger partial charge in [-0.25, -0.2) is 9.97 Å². The molecule has 9 aromatic carbocycles. The number of fused-ring (bicyclic) bond motifs is 6. The summed E-state index contributed by atoms with van der Waals surface area (Å²) >= 11 is 1.77. The monoisotopic (exact) mass is 716 g/mol. The summed E-state index contributed by atoms with van der Waals surface area (Å²) in [4.78, 5) is 11.3. The molecule has 0 spiro atoms. The number of aromatic nitrogens is 2. The first-order valence-electron chi connectivity index (χ1n) is 18.6. The average molecular weight is 717 g/mol. The maximum atomic E-state index is 5.11. The minimum Gasteiger partial charge on any atom is -0.228 e. The van der Waals surface area contributed by atoms with Gasteiger partial charge < -0.3 is 0 Å². The third-order valence-corrected chi connectivity index (χ3v) is 12.0. The average Bonchev–Trinajstić information content (AvgIpc) is 3.70. The summed E-state index contributed by atoms with van der Waals surface area (Å²) in [5.74, 6) is 0.727. The molecule has 0 saturated carbocycles. The second-order valence-electron chi connectivity index (χ2n) is 14.1. The van der Waals surface area contributed by atoms with Crippen molar-refractivity contribution in [2.24, 2.45) is 0 Å². The summed E-state index contributed by atoms with van der Waals surface area (Å²) in [7, 11) is 0. The summed E-state index contributed by atoms with van der Waals surface area (Å²) in [6, 6.07) is 70.0. The molecule has 0 aliphatic carbocycles. The van der Waals surface area contributed by atoms with Crippen molar-refractivity contribution < 1.29 is 0 Å². The Morgan fingerprint density at radius 3 is 1.75 bits per heavy atom. The summed E-state index contributed by atoms with van der Waals surface area (Å²) in [6.45, 7) is 0. The molecule has 3 heteroatoms. The van der Waals surface area contributed by atoms with Crippen molar-refractivity contribution in [3.63, 3.8) is 0 Å². The van der Waals surface area contributed by atoms with Crippen molar-refractivity contribution in [2.75, 3.05) is 0 Å². The highest BCUT2D eigenvalue weighted by atomic mass is 32.1. The lowest BCUT2D eigenvalue weighted by molar-refractivity contribution is 1.19. The van der Waals surface area contributed by atoms with Gasteiger partial charge in [0.15, 0.2) is 5.82 Å². The largest absolute Gasteiger partial charge is 0.228 e. The summed E-state index contributed by atoms with van der Waals surface area (Å²) in [5.41, 5.74) is 8.80. The van der Waals surface area contributed by atoms with Crippen LogP contribution in [0.25, 0.3) is 109 Å². The highest BCUT2D eigenvalue weighted by Crippen LogP contribution is 2.44. The van der Waals surface area contributed by atoms with E-state index >= 15 is 0 Å². The maximum absolute atomic E-state index is 5.11. The second-order valence-corrected chi connectivity index (χ2v) is 15.2. The van der Waals surface area contributed by atoms with Crippen LogP contribution in [-0.4, -0.2) is 9.97 Å². The Labute approximate surface area is 322 Å². The normalized spacial score (nSPS) is 11.6. The Bertz CT molecular complexity index is 3220. The molecule has 11 rings (SSSR count). The van der Waals surface area contributed by atoms with Gasteiger partial charge in [0.2, 0.25) is 0 Å². The zero-order valence-electron chi connectivity index (χ0n) is 29.8. The number of benzene rings is 9. The van der Waals surface area contributed by atoms with Crippen molar-refractivity contribution in [3.05, 3.63) is 194 Å². The minimum absolute atomic E-state index is 0.727. The molecule has 0 aliphatic heterocycles. The van der Waals surface area contributed by atoms with Crippen LogP contribution < -0.4 is 0 Å². The zero-order valence-corrected chi connectivity index (χ0v) is 30.6. The molecule has 0 atom stereocenters. The predicted molar refractivity (Wildman–Crippen MR) is 235 cm³/mol. The number of hydrogen-bond acceptors (Lipinski definition) is 3. The molecule has 0 fully saturated rings. The first kappa shape index (κ1) is 31.6. The van der Waals surface area contributed by atoms with Crippen LogP contribution in [-0.2, 0) is 0 Å². The van der Waals surface area contributed by atoms with Gasteiger partial charge in [0, 0.05) is 15.8 Å². The molecular weight excluding hydrogens is 685 g/mol. The molecule has 0 aliphatic rings. The summed E-state index contributed by atoms with van der Waals surface area (Å²) < 4.78 is 1.25. The smallest absolute Gasteiger partial charge is 0.160 e. The van der Waals surface area contributed by atoms with E-state index < -0.39 is 0 Å². The van der Waals surface area contributed by atoms with E-state index in [9.17, 15) is 0 Å². The zero-order chi connectivity index (χ0) is 36.3. The Kier molecular flexibility index (Phi) is 7.39. The molecule has 256 valence electrons. The van der Waals surface area contributed by atoms with Crippen LogP contribution in [0, 0.1) is 0 Å². The second kappa shape index (κ2) is 12.9. The van der Waals surface area contributed by atoms with Crippen LogP contribution in [0.3, 0.4) is 0 Å². The lowest BCUT2D eigenvalue weighted by Gasteiger charge is -2.17. The van der Waals surface area contributed by atoms with Crippen molar-refractivity contribution in [3.8, 4) is 55.5 Å². The minimum atomic E-state index is 0.727. The molecule has 2 heterocycles. The van der Waals surface area contributed by atoms with E-state index in [1.165, 1.54) is 75.4 Å². The lowest BCUT2D eigenvalue weighted by Crippen LogP contribution is -1.95. The molecule has 55 heavy (non-hydrogen) atoms. The van der Waals surface area contributed by atoms with Crippen molar-refractivity contribution >= 4 is 64.5 Å². The lowest BCUT2D eigenvalue weighted by atomic mass is 9.86. The molecule has 0 saturated heterocycles. The first-order chi connectivity index (χ1) is 27.2. The summed E-state index contributed by atoms with van der Waals surface area (Å²) in [5, 5.41) is 11.3. The predicted octanol–water partition coefficient (Wildman–Crippen LogP) is 14.6. The maximum Gasteiger partial charge on any atom is 0.160 e. The molecule has 0 radical (unpaired) electrons. The van der Waals surface area contributed by atoms with Crippen LogP contribution in [0.5, 0.6) is 0 Å². The topological polar surface area (TPSA) is 25.8 Å². The van der Waals surface area contributed by atoms with Crippen LogP contribution in [0.1, 0.15) is 0 Å². The van der Waals surface area contributed by atoms with Crippen LogP contribution >= 0.6 is 11.3 Å². The fraction of sp³-hybridized carbons (Fsp3) is 0. The molecule has 2 aromatic heterocycles. The molecular formula is C52H32N2S. The summed E-state index contributed by atoms with van der Waals surface area (Å²) in [6.07, 6.45) is 0. The van der Waals surface area contributed by atoms with E-state index in [1.54, 1.807) is 11.3 Å². The third-order valence-electron chi connectivity index (χ3n) is 10.9. The molecule has 0 unspecified atom stereocenters. The molecule has 0 amide bonds. The van der Waals surface area contributed by atoms with Gasteiger partial charge in [-0.3, -0.25) is 0 Å². The SMILES string of the molecule is c1ccc(-c2nc(-c3ccc(-c4ccc(-c5c6ccccc6cc6c5ccc5ccccc56)c5ccccc45)cc3)cc(-c3cc4ccccc4s3)n2)cc1. The van der Waals surface area contributed by atoms with Crippen molar-refractivity contribution in [1.82, 2.24) is 9.97 Å². The molecule has 0 bridgehead atoms. The van der Waals surface area contributed by atoms with E-state index in [0.29, 0.717) is 0 Å². The molecule has 11 aromatic rings. The first-order valence-corrected chi connectivity index (χ1v) is 19.5. The standard InChI is InChI=1S/C52H32N2S/c1-2-13-36(14-3-1)52-53-47(32-48(54-52)50-31-38-16-6-11-21-49(38)55-50)35-24-22-34(23-25-35)40-28-29-44(43-20-10-9-19-42(40)43)51-41-18-8-5-15-37(41)30-46-39-17-7-4-12-33(39)26-27-45(46)51/h1-32H. The van der Waals surface area contributed by atoms with Crippen LogP contribution in [0.2, 0.25) is 0 Å². The van der Waals surface area contributed by atoms with Crippen LogP contribution in [0.15, 0.2) is 194 Å². The van der Waals surface area contributed by atoms with Gasteiger partial charge >= 0.3 is 0 Å². The fourth-order valence-electron chi connectivity index (χ4n) is 8.25. The van der Waals surface area contributed by atoms with E-state index in [2.05, 4.69) is 176 Å². The highest BCUT2D eigenvalue weighted by Gasteiger charge is 2.17. The number of hydrogen-bond donors (Lipinski definition) is 0. The van der Waals surface area contributed by atoms with Gasteiger partial charge in [-0.15, -0.1) is 11.3 Å². The number of rotatable bonds is 5. The molecule has 2 nitrogen and oxygen atoms in total. The highest BCUT2D eigenvalue weighted by molar-refractivity contribution is 7.22. The van der Waals surface area contributed by atoms with E-state index in [4.69, 9.17) is 9.97 Å². The Hall–Kier alpha value is -6.94. The van der Waals surface area contributed by atoms with E-state index in [0.717, 1.165) is 33.2 Å². The van der Waals surface area contributed by atoms with Gasteiger partial charge in [0.1, 0.15) is 0 Å². The Morgan fingerprint density at radius 1 is 0.327 bits per heavy atom. The van der Waals surface area contributed by atoms with Gasteiger partial charge in [0.05, 0.1) is 16.3 Å². The van der Waals surface area contributed by atoms with Gasteiger partial charge in [-0.2, -0.15) is 0 Å². The van der Waals surface area contributed by atoms with Gasteiger partial charge in [-0.05, 0) is 95.0 Å². The van der Waals surface area contributed by atoms with Crippen LogP contribution in [0.4, 0.5) is 0 Å². The Balaban J connectivity index is 1.04. The van der Waals surface area contributed by atoms with E-state index in [1.807, 2.05) is 18.2 Å². The third kappa shape index (κ3) is 5.40. The van der Waals surface area contributed by atoms with E-state index in [-0.39, 0.29) is 0 Å². The Morgan fingerprint density at radius 2 is 0.945 bits per heavy atom. The molecule has 0 N–H and O–H groups in total. The van der Waals surface area contributed by atoms with Crippen molar-refractivity contribution in [2.45, 2.75) is 0 Å². The quantitative estimate of drug-likeness (QED) is 0.131. The fourth-order valence-corrected chi connectivity index (χ4v) is 9.27. The number of nitrogens with zero attached hydrogens (tertiary/aromatic N) is 2. The van der Waals surface area contributed by atoms with Crippen molar-refractivity contribution in [1.29, 1.82) is 0 Å². The van der Waals surface area contributed by atoms with Gasteiger partial charge in [-0.1, -0.05) is 170 Å². The van der Waals surface area contributed by atoms with Gasteiger partial charge in [0.25, 0.3) is 0 Å². The number of thiophene rings is 1.